The van der Waals surface area contributed by atoms with Crippen molar-refractivity contribution in [2.24, 2.45) is 0 Å². The topological polar surface area (TPSA) is 0 Å². The van der Waals surface area contributed by atoms with E-state index in [9.17, 15) is 0 Å². The summed E-state index contributed by atoms with van der Waals surface area (Å²) in [6, 6.07) is 39.9. The molecule has 0 atom stereocenters. The van der Waals surface area contributed by atoms with Gasteiger partial charge in [0.2, 0.25) is 0 Å². The zero-order valence-corrected chi connectivity index (χ0v) is 18.2. The van der Waals surface area contributed by atoms with E-state index in [1.165, 1.54) is 81.4 Å². The van der Waals surface area contributed by atoms with Crippen LogP contribution in [0, 0.1) is 0 Å². The van der Waals surface area contributed by atoms with Gasteiger partial charge in [-0.2, -0.15) is 0 Å². The molecular formula is C32H26. The highest BCUT2D eigenvalue weighted by molar-refractivity contribution is 5.98. The van der Waals surface area contributed by atoms with Crippen LogP contribution >= 0.6 is 0 Å². The molecule has 4 aromatic rings. The van der Waals surface area contributed by atoms with Crippen LogP contribution in [-0.4, -0.2) is 0 Å². The van der Waals surface area contributed by atoms with E-state index in [2.05, 4.69) is 109 Å². The average Bonchev–Trinajstić information content (AvgIpc) is 2.80. The first-order valence-electron chi connectivity index (χ1n) is 11.6. The van der Waals surface area contributed by atoms with Gasteiger partial charge in [0.25, 0.3) is 0 Å². The zero-order valence-electron chi connectivity index (χ0n) is 18.2. The maximum atomic E-state index is 2.29. The van der Waals surface area contributed by atoms with Crippen LogP contribution in [-0.2, 0) is 0 Å². The molecule has 6 rings (SSSR count). The molecule has 0 N–H and O–H groups in total. The van der Waals surface area contributed by atoms with Gasteiger partial charge in [-0.1, -0.05) is 109 Å². The van der Waals surface area contributed by atoms with Crippen LogP contribution in [0.3, 0.4) is 0 Å². The number of hydrogen-bond acceptors (Lipinski definition) is 0. The Hall–Kier alpha value is -3.64. The third-order valence-corrected chi connectivity index (χ3v) is 7.02. The van der Waals surface area contributed by atoms with Crippen molar-refractivity contribution in [3.63, 3.8) is 0 Å². The quantitative estimate of drug-likeness (QED) is 0.308. The second-order valence-electron chi connectivity index (χ2n) is 8.80. The summed E-state index contributed by atoms with van der Waals surface area (Å²) in [5.74, 6) is 0. The zero-order chi connectivity index (χ0) is 21.3. The molecule has 0 spiro atoms. The first-order chi connectivity index (χ1) is 15.9. The molecule has 0 heterocycles. The van der Waals surface area contributed by atoms with Gasteiger partial charge in [0, 0.05) is 0 Å². The normalized spacial score (nSPS) is 15.4. The SMILES string of the molecule is c1ccc(C2=C(c3ccc(-c4ccc(C5=C(c6ccccc6)CC5)cc4)cc3)CC2)cc1. The first kappa shape index (κ1) is 19.1. The minimum absolute atomic E-state index is 1.18. The van der Waals surface area contributed by atoms with Crippen molar-refractivity contribution in [3.05, 3.63) is 131 Å². The van der Waals surface area contributed by atoms with Crippen molar-refractivity contribution in [1.29, 1.82) is 0 Å². The minimum atomic E-state index is 1.18. The Kier molecular flexibility index (Phi) is 4.85. The van der Waals surface area contributed by atoms with Crippen LogP contribution in [0.5, 0.6) is 0 Å². The summed E-state index contributed by atoms with van der Waals surface area (Å²) in [7, 11) is 0. The van der Waals surface area contributed by atoms with Crippen LogP contribution in [0.25, 0.3) is 33.4 Å². The van der Waals surface area contributed by atoms with Gasteiger partial charge in [-0.25, -0.2) is 0 Å². The molecular weight excluding hydrogens is 384 g/mol. The number of rotatable bonds is 5. The molecule has 4 aromatic carbocycles. The Morgan fingerprint density at radius 3 is 0.781 bits per heavy atom. The molecule has 0 heteroatoms. The van der Waals surface area contributed by atoms with Gasteiger partial charge < -0.3 is 0 Å². The van der Waals surface area contributed by atoms with Gasteiger partial charge in [-0.3, -0.25) is 0 Å². The van der Waals surface area contributed by atoms with Crippen molar-refractivity contribution in [3.8, 4) is 11.1 Å². The fourth-order valence-corrected chi connectivity index (χ4v) is 5.03. The molecule has 0 fully saturated rings. The average molecular weight is 411 g/mol. The summed E-state index contributed by atoms with van der Waals surface area (Å²) in [5.41, 5.74) is 14.1. The largest absolute Gasteiger partial charge is 0.0622 e. The predicted molar refractivity (Wildman–Crippen MR) is 137 cm³/mol. The Morgan fingerprint density at radius 2 is 0.500 bits per heavy atom. The van der Waals surface area contributed by atoms with Gasteiger partial charge in [0.1, 0.15) is 0 Å². The third-order valence-electron chi connectivity index (χ3n) is 7.02. The minimum Gasteiger partial charge on any atom is -0.0622 e. The molecule has 0 saturated carbocycles. The summed E-state index contributed by atoms with van der Waals surface area (Å²) >= 11 is 0. The van der Waals surface area contributed by atoms with E-state index < -0.39 is 0 Å². The van der Waals surface area contributed by atoms with Crippen molar-refractivity contribution >= 4 is 22.3 Å². The number of hydrogen-bond donors (Lipinski definition) is 0. The molecule has 32 heavy (non-hydrogen) atoms. The second kappa shape index (κ2) is 8.13. The lowest BCUT2D eigenvalue weighted by Gasteiger charge is -2.25. The van der Waals surface area contributed by atoms with E-state index in [-0.39, 0.29) is 0 Å². The summed E-state index contributed by atoms with van der Waals surface area (Å²) in [5, 5.41) is 0. The van der Waals surface area contributed by atoms with E-state index in [4.69, 9.17) is 0 Å². The maximum absolute atomic E-state index is 2.29. The molecule has 0 aliphatic heterocycles. The van der Waals surface area contributed by atoms with Crippen molar-refractivity contribution < 1.29 is 0 Å². The molecule has 0 saturated heterocycles. The monoisotopic (exact) mass is 410 g/mol. The Balaban J connectivity index is 1.24. The van der Waals surface area contributed by atoms with Crippen LogP contribution < -0.4 is 0 Å². The van der Waals surface area contributed by atoms with E-state index >= 15 is 0 Å². The Labute approximate surface area is 190 Å². The highest BCUT2D eigenvalue weighted by Gasteiger charge is 2.21. The molecule has 0 aromatic heterocycles. The van der Waals surface area contributed by atoms with E-state index in [1.54, 1.807) is 0 Å². The van der Waals surface area contributed by atoms with Crippen molar-refractivity contribution in [2.75, 3.05) is 0 Å². The maximum Gasteiger partial charge on any atom is -0.0184 e. The highest BCUT2D eigenvalue weighted by Crippen LogP contribution is 2.44. The lowest BCUT2D eigenvalue weighted by molar-refractivity contribution is 1.01. The van der Waals surface area contributed by atoms with E-state index in [1.807, 2.05) is 0 Å². The lowest BCUT2D eigenvalue weighted by Crippen LogP contribution is -2.03. The fourth-order valence-electron chi connectivity index (χ4n) is 5.03. The van der Waals surface area contributed by atoms with Gasteiger partial charge >= 0.3 is 0 Å². The van der Waals surface area contributed by atoms with Gasteiger partial charge in [-0.15, -0.1) is 0 Å². The van der Waals surface area contributed by atoms with Crippen molar-refractivity contribution in [1.82, 2.24) is 0 Å². The third kappa shape index (κ3) is 3.42. The number of benzene rings is 4. The summed E-state index contributed by atoms with van der Waals surface area (Å²) in [6.45, 7) is 0. The van der Waals surface area contributed by atoms with Crippen LogP contribution in [0.15, 0.2) is 109 Å². The van der Waals surface area contributed by atoms with E-state index in [0.717, 1.165) is 0 Å². The summed E-state index contributed by atoms with van der Waals surface area (Å²) in [4.78, 5) is 0. The smallest absolute Gasteiger partial charge is 0.0184 e. The highest BCUT2D eigenvalue weighted by atomic mass is 14.3. The second-order valence-corrected chi connectivity index (χ2v) is 8.80. The summed E-state index contributed by atoms with van der Waals surface area (Å²) < 4.78 is 0. The predicted octanol–water partition coefficient (Wildman–Crippen LogP) is 8.76. The summed E-state index contributed by atoms with van der Waals surface area (Å²) in [6.07, 6.45) is 4.72. The first-order valence-corrected chi connectivity index (χ1v) is 11.6. The molecule has 0 radical (unpaired) electrons. The molecule has 0 amide bonds. The molecule has 0 unspecified atom stereocenters. The molecule has 0 bridgehead atoms. The van der Waals surface area contributed by atoms with Gasteiger partial charge in [0.05, 0.1) is 0 Å². The molecule has 154 valence electrons. The molecule has 2 aliphatic rings. The fraction of sp³-hybridized carbons (Fsp3) is 0.125. The van der Waals surface area contributed by atoms with Crippen LogP contribution in [0.2, 0.25) is 0 Å². The van der Waals surface area contributed by atoms with Gasteiger partial charge in [-0.05, 0) is 81.4 Å². The standard InChI is InChI=1S/C32H26/c1-3-7-25(8-4-1)29-19-21-31(29)27-15-11-23(12-16-27)24-13-17-28(18-14-24)32-22-20-30(32)26-9-5-2-6-10-26/h1-18H,19-22H2. The Morgan fingerprint density at radius 1 is 0.250 bits per heavy atom. The number of allylic oxidation sites excluding steroid dienone is 4. The Bertz CT molecular complexity index is 1200. The van der Waals surface area contributed by atoms with Crippen LogP contribution in [0.4, 0.5) is 0 Å². The molecule has 0 nitrogen and oxygen atoms in total. The molecule has 2 aliphatic carbocycles. The van der Waals surface area contributed by atoms with Crippen LogP contribution in [0.1, 0.15) is 47.9 Å². The van der Waals surface area contributed by atoms with Crippen molar-refractivity contribution in [2.45, 2.75) is 25.7 Å². The lowest BCUT2D eigenvalue weighted by atomic mass is 9.79. The van der Waals surface area contributed by atoms with E-state index in [0.29, 0.717) is 0 Å². The van der Waals surface area contributed by atoms with Gasteiger partial charge in [0.15, 0.2) is 0 Å².